The molecule has 0 fully saturated rings. The zero-order valence-corrected chi connectivity index (χ0v) is 11.0. The first-order chi connectivity index (χ1) is 9.13. The maximum absolute atomic E-state index is 11.5. The van der Waals surface area contributed by atoms with E-state index < -0.39 is 11.9 Å². The highest BCUT2D eigenvalue weighted by molar-refractivity contribution is 5.81. The summed E-state index contributed by atoms with van der Waals surface area (Å²) < 4.78 is 9.95. The number of rotatable bonds is 7. The van der Waals surface area contributed by atoms with E-state index in [-0.39, 0.29) is 0 Å². The van der Waals surface area contributed by atoms with E-state index in [4.69, 9.17) is 20.5 Å². The zero-order valence-electron chi connectivity index (χ0n) is 11.0. The van der Waals surface area contributed by atoms with Gasteiger partial charge < -0.3 is 15.2 Å². The van der Waals surface area contributed by atoms with Crippen molar-refractivity contribution in [3.63, 3.8) is 0 Å². The van der Waals surface area contributed by atoms with E-state index in [2.05, 4.69) is 5.32 Å². The van der Waals surface area contributed by atoms with Crippen molar-refractivity contribution < 1.29 is 14.3 Å². The summed E-state index contributed by atoms with van der Waals surface area (Å²) in [4.78, 5) is 11.5. The Balaban J connectivity index is 2.97. The molecule has 0 saturated carbocycles. The summed E-state index contributed by atoms with van der Waals surface area (Å²) >= 11 is 0. The number of methoxy groups -OCH3 is 2. The van der Waals surface area contributed by atoms with Crippen LogP contribution >= 0.6 is 0 Å². The van der Waals surface area contributed by atoms with E-state index in [1.165, 1.54) is 7.11 Å². The van der Waals surface area contributed by atoms with Gasteiger partial charge in [-0.05, 0) is 17.7 Å². The van der Waals surface area contributed by atoms with Crippen LogP contribution in [0.4, 0.5) is 0 Å². The lowest BCUT2D eigenvalue weighted by molar-refractivity contribution is -0.120. The molecule has 0 radical (unpaired) electrons. The molecule has 0 aromatic heterocycles. The average molecular weight is 263 g/mol. The molecular weight excluding hydrogens is 246 g/mol. The molecule has 1 unspecified atom stereocenters. The van der Waals surface area contributed by atoms with Crippen LogP contribution in [0.25, 0.3) is 0 Å². The van der Waals surface area contributed by atoms with Crippen molar-refractivity contribution in [2.45, 2.75) is 6.04 Å². The van der Waals surface area contributed by atoms with E-state index in [9.17, 15) is 4.79 Å². The molecule has 1 amide bonds. The van der Waals surface area contributed by atoms with Crippen molar-refractivity contribution in [2.75, 3.05) is 27.4 Å². The minimum Gasteiger partial charge on any atom is -0.495 e. The van der Waals surface area contributed by atoms with Gasteiger partial charge in [-0.25, -0.2) is 0 Å². The molecule has 0 aliphatic rings. The number of hydrogen-bond acceptors (Lipinski definition) is 5. The first-order valence-electron chi connectivity index (χ1n) is 5.73. The van der Waals surface area contributed by atoms with Gasteiger partial charge in [0, 0.05) is 13.7 Å². The molecule has 0 bridgehead atoms. The standard InChI is InChI=1S/C13H17N3O3/c1-18-6-5-16-12(13(15)17)9-3-4-11(19-2)10(7-9)8-14/h3-4,7,12,16H,5-6H2,1-2H3,(H2,15,17). The normalized spacial score (nSPS) is 11.6. The van der Waals surface area contributed by atoms with Crippen LogP contribution in [0.1, 0.15) is 17.2 Å². The van der Waals surface area contributed by atoms with Gasteiger partial charge in [0.25, 0.3) is 0 Å². The van der Waals surface area contributed by atoms with Gasteiger partial charge in [-0.15, -0.1) is 0 Å². The number of nitrogens with one attached hydrogen (secondary N) is 1. The fourth-order valence-electron chi connectivity index (χ4n) is 1.68. The monoisotopic (exact) mass is 263 g/mol. The summed E-state index contributed by atoms with van der Waals surface area (Å²) in [7, 11) is 3.06. The second kappa shape index (κ2) is 7.36. The van der Waals surface area contributed by atoms with Crippen LogP contribution in [-0.4, -0.2) is 33.3 Å². The van der Waals surface area contributed by atoms with Gasteiger partial charge in [0.1, 0.15) is 17.9 Å². The third-order valence-electron chi connectivity index (χ3n) is 2.62. The molecule has 1 aromatic rings. The predicted molar refractivity (Wildman–Crippen MR) is 69.5 cm³/mol. The lowest BCUT2D eigenvalue weighted by atomic mass is 10.0. The molecular formula is C13H17N3O3. The maximum Gasteiger partial charge on any atom is 0.239 e. The summed E-state index contributed by atoms with van der Waals surface area (Å²) in [6.45, 7) is 0.947. The van der Waals surface area contributed by atoms with Crippen LogP contribution in [0.3, 0.4) is 0 Å². The maximum atomic E-state index is 11.5. The molecule has 0 aliphatic carbocycles. The molecule has 0 spiro atoms. The van der Waals surface area contributed by atoms with Gasteiger partial charge >= 0.3 is 0 Å². The molecule has 0 saturated heterocycles. The Hall–Kier alpha value is -2.10. The number of carbonyl (C=O) groups excluding carboxylic acids is 1. The summed E-state index contributed by atoms with van der Waals surface area (Å²) in [6, 6.07) is 6.29. The number of nitrogens with zero attached hydrogens (tertiary/aromatic N) is 1. The third kappa shape index (κ3) is 3.95. The number of carbonyl (C=O) groups is 1. The SMILES string of the molecule is COCCNC(C(N)=O)c1ccc(OC)c(C#N)c1. The topological polar surface area (TPSA) is 97.4 Å². The number of primary amides is 1. The van der Waals surface area contributed by atoms with Gasteiger partial charge in [0.15, 0.2) is 0 Å². The second-order valence-electron chi connectivity index (χ2n) is 3.85. The summed E-state index contributed by atoms with van der Waals surface area (Å²) in [6.07, 6.45) is 0. The number of nitrogens with two attached hydrogens (primary N) is 1. The first-order valence-corrected chi connectivity index (χ1v) is 5.73. The number of amides is 1. The lowest BCUT2D eigenvalue weighted by Gasteiger charge is -2.16. The number of nitriles is 1. The molecule has 102 valence electrons. The second-order valence-corrected chi connectivity index (χ2v) is 3.85. The predicted octanol–water partition coefficient (Wildman–Crippen LogP) is 0.329. The van der Waals surface area contributed by atoms with Gasteiger partial charge in [-0.3, -0.25) is 10.1 Å². The first kappa shape index (κ1) is 15.0. The Morgan fingerprint density at radius 2 is 2.26 bits per heavy atom. The van der Waals surface area contributed by atoms with Gasteiger partial charge in [0.05, 0.1) is 19.3 Å². The van der Waals surface area contributed by atoms with Crippen LogP contribution in [0.5, 0.6) is 5.75 Å². The number of hydrogen-bond donors (Lipinski definition) is 2. The molecule has 0 heterocycles. The highest BCUT2D eigenvalue weighted by atomic mass is 16.5. The molecule has 6 nitrogen and oxygen atoms in total. The van der Waals surface area contributed by atoms with Crippen LogP contribution in [-0.2, 0) is 9.53 Å². The smallest absolute Gasteiger partial charge is 0.239 e. The Morgan fingerprint density at radius 3 is 2.79 bits per heavy atom. The van der Waals surface area contributed by atoms with Gasteiger partial charge in [-0.1, -0.05) is 6.07 Å². The minimum atomic E-state index is -0.659. The van der Waals surface area contributed by atoms with E-state index in [0.717, 1.165) is 0 Å². The van der Waals surface area contributed by atoms with Crippen molar-refractivity contribution in [3.05, 3.63) is 29.3 Å². The summed E-state index contributed by atoms with van der Waals surface area (Å²) in [5.74, 6) is -0.0449. The van der Waals surface area contributed by atoms with Crippen molar-refractivity contribution in [3.8, 4) is 11.8 Å². The highest BCUT2D eigenvalue weighted by Crippen LogP contribution is 2.22. The van der Waals surface area contributed by atoms with E-state index in [1.807, 2.05) is 6.07 Å². The lowest BCUT2D eigenvalue weighted by Crippen LogP contribution is -2.35. The number of ether oxygens (including phenoxy) is 2. The largest absolute Gasteiger partial charge is 0.495 e. The van der Waals surface area contributed by atoms with E-state index in [1.54, 1.807) is 25.3 Å². The Kier molecular flexibility index (Phi) is 5.79. The van der Waals surface area contributed by atoms with E-state index in [0.29, 0.717) is 30.0 Å². The van der Waals surface area contributed by atoms with E-state index >= 15 is 0 Å². The highest BCUT2D eigenvalue weighted by Gasteiger charge is 2.18. The molecule has 1 atom stereocenters. The van der Waals surface area contributed by atoms with Crippen molar-refractivity contribution >= 4 is 5.91 Å². The van der Waals surface area contributed by atoms with Gasteiger partial charge in [0.2, 0.25) is 5.91 Å². The average Bonchev–Trinajstić information content (AvgIpc) is 2.42. The van der Waals surface area contributed by atoms with Crippen LogP contribution in [0.15, 0.2) is 18.2 Å². The zero-order chi connectivity index (χ0) is 14.3. The quantitative estimate of drug-likeness (QED) is 0.691. The summed E-state index contributed by atoms with van der Waals surface area (Å²) in [5.41, 5.74) is 6.34. The van der Waals surface area contributed by atoms with Crippen molar-refractivity contribution in [2.24, 2.45) is 5.73 Å². The Bertz CT molecular complexity index is 483. The molecule has 1 aromatic carbocycles. The Morgan fingerprint density at radius 1 is 1.53 bits per heavy atom. The van der Waals surface area contributed by atoms with Crippen LogP contribution < -0.4 is 15.8 Å². The molecule has 0 aliphatic heterocycles. The summed E-state index contributed by atoms with van der Waals surface area (Å²) in [5, 5.41) is 12.0. The van der Waals surface area contributed by atoms with Gasteiger partial charge in [-0.2, -0.15) is 5.26 Å². The van der Waals surface area contributed by atoms with Crippen molar-refractivity contribution in [1.82, 2.24) is 5.32 Å². The fraction of sp³-hybridized carbons (Fsp3) is 0.385. The number of benzene rings is 1. The molecule has 3 N–H and O–H groups in total. The minimum absolute atomic E-state index is 0.361. The third-order valence-corrected chi connectivity index (χ3v) is 2.62. The molecule has 6 heteroatoms. The van der Waals surface area contributed by atoms with Crippen LogP contribution in [0.2, 0.25) is 0 Å². The fourth-order valence-corrected chi connectivity index (χ4v) is 1.68. The Labute approximate surface area is 112 Å². The van der Waals surface area contributed by atoms with Crippen molar-refractivity contribution in [1.29, 1.82) is 5.26 Å². The molecule has 1 rings (SSSR count). The van der Waals surface area contributed by atoms with Crippen LogP contribution in [0, 0.1) is 11.3 Å². The molecule has 19 heavy (non-hydrogen) atoms.